The molecule has 12 atom stereocenters. The van der Waals surface area contributed by atoms with Gasteiger partial charge in [0.15, 0.2) is 0 Å². The largest absolute Gasteiger partial charge is 0.391 e. The van der Waals surface area contributed by atoms with Crippen molar-refractivity contribution in [3.05, 3.63) is 0 Å². The number of nitrogens with one attached hydrogen (secondary N) is 11. The van der Waals surface area contributed by atoms with E-state index in [-0.39, 0.29) is 70.6 Å². The zero-order valence-corrected chi connectivity index (χ0v) is 47.0. The molecule has 1 rings (SSSR count). The van der Waals surface area contributed by atoms with Crippen molar-refractivity contribution in [2.75, 3.05) is 32.7 Å². The van der Waals surface area contributed by atoms with Crippen LogP contribution in [0.5, 0.6) is 0 Å². The highest BCUT2D eigenvalue weighted by Gasteiger charge is 2.37. The van der Waals surface area contributed by atoms with Crippen LogP contribution in [0.25, 0.3) is 0 Å². The molecule has 1 fully saturated rings. The van der Waals surface area contributed by atoms with Gasteiger partial charge in [-0.15, -0.1) is 0 Å². The summed E-state index contributed by atoms with van der Waals surface area (Å²) in [6, 6.07) is -14.4. The first-order valence-corrected chi connectivity index (χ1v) is 27.1. The minimum atomic E-state index is -1.67. The fourth-order valence-electron chi connectivity index (χ4n) is 8.12. The summed E-state index contributed by atoms with van der Waals surface area (Å²) in [6.45, 7) is 13.7. The molecular weight excluding hydrogens is 1020 g/mol. The fourth-order valence-corrected chi connectivity index (χ4v) is 8.12. The summed E-state index contributed by atoms with van der Waals surface area (Å²) < 4.78 is 0. The van der Waals surface area contributed by atoms with E-state index < -0.39 is 156 Å². The monoisotopic (exact) mass is 1110 g/mol. The second kappa shape index (κ2) is 36.2. The molecule has 28 nitrogen and oxygen atoms in total. The summed E-state index contributed by atoms with van der Waals surface area (Å²) in [6.07, 6.45) is -1.70. The van der Waals surface area contributed by atoms with Crippen LogP contribution in [0.3, 0.4) is 0 Å². The van der Waals surface area contributed by atoms with Crippen LogP contribution in [0.15, 0.2) is 0 Å². The number of carbonyl (C=O) groups excluding carboxylic acids is 11. The Morgan fingerprint density at radius 1 is 0.538 bits per heavy atom. The third kappa shape index (κ3) is 25.2. The molecular formula is C50H93N15O13. The van der Waals surface area contributed by atoms with Crippen molar-refractivity contribution in [3.8, 4) is 0 Å². The number of aliphatic hydroxyl groups excluding tert-OH is 2. The van der Waals surface area contributed by atoms with E-state index in [0.717, 1.165) is 12.8 Å². The van der Waals surface area contributed by atoms with Crippen LogP contribution in [0, 0.1) is 17.8 Å². The fraction of sp³-hybridized carbons (Fsp3) is 0.780. The molecule has 0 aromatic heterocycles. The molecule has 0 bridgehead atoms. The molecule has 0 aromatic carbocycles. The maximum atomic E-state index is 14.3. The Balaban J connectivity index is 3.77. The number of carbonyl (C=O) groups is 11. The molecule has 1 aliphatic heterocycles. The highest BCUT2D eigenvalue weighted by molar-refractivity contribution is 5.99. The third-order valence-corrected chi connectivity index (χ3v) is 12.6. The zero-order valence-electron chi connectivity index (χ0n) is 47.0. The Bertz CT molecular complexity index is 1990. The van der Waals surface area contributed by atoms with Crippen LogP contribution in [-0.4, -0.2) is 181 Å². The van der Waals surface area contributed by atoms with Crippen LogP contribution in [-0.2, 0) is 52.7 Å². The molecule has 21 N–H and O–H groups in total. The average molecular weight is 1110 g/mol. The molecule has 0 aliphatic carbocycles. The lowest BCUT2D eigenvalue weighted by molar-refractivity contribution is -0.137. The van der Waals surface area contributed by atoms with Crippen LogP contribution in [0.1, 0.15) is 127 Å². The van der Waals surface area contributed by atoms with E-state index in [1.807, 2.05) is 0 Å². The third-order valence-electron chi connectivity index (χ3n) is 12.6. The molecule has 0 radical (unpaired) electrons. The summed E-state index contributed by atoms with van der Waals surface area (Å²) in [5.74, 6) is -9.85. The average Bonchev–Trinajstić information content (AvgIpc) is 3.35. The highest BCUT2D eigenvalue weighted by atomic mass is 16.3. The second-order valence-electron chi connectivity index (χ2n) is 21.0. The van der Waals surface area contributed by atoms with Gasteiger partial charge in [-0.05, 0) is 110 Å². The van der Waals surface area contributed by atoms with Gasteiger partial charge in [0.05, 0.1) is 12.2 Å². The van der Waals surface area contributed by atoms with Crippen LogP contribution >= 0.6 is 0 Å². The quantitative estimate of drug-likeness (QED) is 0.0379. The van der Waals surface area contributed by atoms with E-state index in [1.54, 1.807) is 27.7 Å². The minimum Gasteiger partial charge on any atom is -0.391 e. The summed E-state index contributed by atoms with van der Waals surface area (Å²) in [5, 5.41) is 49.1. The van der Waals surface area contributed by atoms with Crippen LogP contribution in [0.4, 0.5) is 0 Å². The molecule has 446 valence electrons. The number of unbranched alkanes of at least 4 members (excludes halogenated alkanes) is 1. The van der Waals surface area contributed by atoms with Gasteiger partial charge in [0.25, 0.3) is 0 Å². The van der Waals surface area contributed by atoms with E-state index in [0.29, 0.717) is 12.3 Å². The first-order valence-electron chi connectivity index (χ1n) is 27.1. The summed E-state index contributed by atoms with van der Waals surface area (Å²) >= 11 is 0. The Kier molecular flexibility index (Phi) is 32.4. The van der Waals surface area contributed by atoms with Gasteiger partial charge in [-0.25, -0.2) is 0 Å². The number of rotatable bonds is 25. The molecule has 28 heteroatoms. The lowest BCUT2D eigenvalue weighted by atomic mass is 9.99. The molecule has 1 heterocycles. The van der Waals surface area contributed by atoms with Gasteiger partial charge in [0.1, 0.15) is 60.4 Å². The predicted molar refractivity (Wildman–Crippen MR) is 288 cm³/mol. The molecule has 0 saturated carbocycles. The van der Waals surface area contributed by atoms with E-state index in [9.17, 15) is 63.0 Å². The first kappa shape index (κ1) is 69.9. The van der Waals surface area contributed by atoms with E-state index in [4.69, 9.17) is 22.9 Å². The Labute approximate surface area is 457 Å². The molecule has 78 heavy (non-hydrogen) atoms. The smallest absolute Gasteiger partial charge is 0.245 e. The number of aliphatic hydroxyl groups is 2. The van der Waals surface area contributed by atoms with Crippen molar-refractivity contribution >= 4 is 65.0 Å². The van der Waals surface area contributed by atoms with E-state index >= 15 is 0 Å². The van der Waals surface area contributed by atoms with Gasteiger partial charge < -0.3 is 91.6 Å². The normalized spacial score (nSPS) is 23.7. The topological polar surface area (TPSA) is 465 Å². The molecule has 0 aromatic rings. The lowest BCUT2D eigenvalue weighted by Gasteiger charge is -2.29. The van der Waals surface area contributed by atoms with Crippen molar-refractivity contribution in [1.82, 2.24) is 58.5 Å². The Morgan fingerprint density at radius 2 is 1.04 bits per heavy atom. The van der Waals surface area contributed by atoms with Crippen LogP contribution < -0.4 is 81.4 Å². The Morgan fingerprint density at radius 3 is 1.53 bits per heavy atom. The van der Waals surface area contributed by atoms with Gasteiger partial charge in [0, 0.05) is 13.0 Å². The molecule has 1 saturated heterocycles. The molecule has 11 amide bonds. The summed E-state index contributed by atoms with van der Waals surface area (Å²) in [4.78, 5) is 151. The van der Waals surface area contributed by atoms with Gasteiger partial charge in [-0.1, -0.05) is 54.4 Å². The maximum absolute atomic E-state index is 14.3. The lowest BCUT2D eigenvalue weighted by Crippen LogP contribution is -2.62. The van der Waals surface area contributed by atoms with Crippen molar-refractivity contribution in [3.63, 3.8) is 0 Å². The van der Waals surface area contributed by atoms with Gasteiger partial charge in [-0.3, -0.25) is 52.7 Å². The standard InChI is InChI=1S/C50H93N15O13/c1-25(2)12-10-11-13-37(68)56-28(7)41(69)64-40(30(9)67)50(78)61-33(16-21-53)43(71)59-35-18-23-55-48(76)39(29(8)66)65-46(74)34(17-22-54)58-42(70)32(15-20-52)60-49(77)38(27(5)6)63-47(75)36(24-26(3)4)62-44(72)31(14-19-51)57-45(35)73/h25-36,38-40,66-67H,10-24,51-54H2,1-9H3,(H,55,76)(H,56,68)(H,57,73)(H,58,70)(H,59,71)(H,60,77)(H,61,78)(H,62,72)(H,63,75)(H,64,69)(H,65,74)/t28-,29+,30+,31-,32-,33-,34-,35-,36+,38-,39-,40-/m0/s1. The highest BCUT2D eigenvalue weighted by Crippen LogP contribution is 2.12. The predicted octanol–water partition coefficient (Wildman–Crippen LogP) is -5.55. The molecule has 0 unspecified atom stereocenters. The second-order valence-corrected chi connectivity index (χ2v) is 21.0. The SMILES string of the molecule is CC(C)CCCCC(=O)N[C@@H](C)C(=O)N[C@H](C(=O)N[C@@H](CCN)C(=O)N[C@H]1CCNC(=O)[C@H]([C@@H](C)O)NC(=O)[C@H](CCN)NC(=O)[C@H](CCN)NC(=O)[C@H](C(C)C)NC(=O)[C@@H](CC(C)C)NC(=O)[C@H](CCN)NC1=O)[C@@H](C)O. The molecule has 1 aliphatic rings. The first-order chi connectivity index (χ1) is 36.6. The van der Waals surface area contributed by atoms with E-state index in [1.165, 1.54) is 20.8 Å². The number of nitrogens with two attached hydrogens (primary N) is 4. The van der Waals surface area contributed by atoms with Crippen molar-refractivity contribution in [2.45, 2.75) is 199 Å². The van der Waals surface area contributed by atoms with Gasteiger partial charge in [-0.2, -0.15) is 0 Å². The van der Waals surface area contributed by atoms with Gasteiger partial charge in [0.2, 0.25) is 65.0 Å². The maximum Gasteiger partial charge on any atom is 0.245 e. The molecule has 0 spiro atoms. The van der Waals surface area contributed by atoms with Crippen LogP contribution in [0.2, 0.25) is 0 Å². The number of hydrogen-bond donors (Lipinski definition) is 17. The van der Waals surface area contributed by atoms with Crippen molar-refractivity contribution < 1.29 is 63.0 Å². The van der Waals surface area contributed by atoms with Crippen molar-refractivity contribution in [1.29, 1.82) is 0 Å². The number of hydrogen-bond acceptors (Lipinski definition) is 17. The number of amides is 11. The van der Waals surface area contributed by atoms with E-state index in [2.05, 4.69) is 72.3 Å². The van der Waals surface area contributed by atoms with Crippen molar-refractivity contribution in [2.24, 2.45) is 40.7 Å². The van der Waals surface area contributed by atoms with Gasteiger partial charge >= 0.3 is 0 Å². The zero-order chi connectivity index (χ0) is 59.4. The summed E-state index contributed by atoms with van der Waals surface area (Å²) in [7, 11) is 0. The Hall–Kier alpha value is -6.07. The minimum absolute atomic E-state index is 0.0457. The summed E-state index contributed by atoms with van der Waals surface area (Å²) in [5.41, 5.74) is 23.4.